The zero-order chi connectivity index (χ0) is 12.3. The fraction of sp³-hybridized carbons (Fsp3) is 0.625. The molecule has 0 aliphatic heterocycles. The van der Waals surface area contributed by atoms with Crippen LogP contribution in [-0.2, 0) is 0 Å². The molecule has 0 saturated heterocycles. The Morgan fingerprint density at radius 3 is 2.12 bits per heavy atom. The van der Waals surface area contributed by atoms with E-state index in [9.17, 15) is 0 Å². The lowest BCUT2D eigenvalue weighted by Crippen LogP contribution is -2.55. The SMILES string of the molecule is CC(C)[C@H]([NH3+])c1ccc(C2CCCCC2)cc1. The van der Waals surface area contributed by atoms with Gasteiger partial charge in [-0.1, -0.05) is 57.4 Å². The third-order valence-corrected chi connectivity index (χ3v) is 4.25. The summed E-state index contributed by atoms with van der Waals surface area (Å²) in [6.07, 6.45) is 7.03. The molecule has 1 aromatic rings. The summed E-state index contributed by atoms with van der Waals surface area (Å²) in [5.41, 5.74) is 7.18. The van der Waals surface area contributed by atoms with Gasteiger partial charge >= 0.3 is 0 Å². The average molecular weight is 232 g/mol. The van der Waals surface area contributed by atoms with Gasteiger partial charge in [0.25, 0.3) is 0 Å². The van der Waals surface area contributed by atoms with Gasteiger partial charge in [0.15, 0.2) is 0 Å². The van der Waals surface area contributed by atoms with Crippen LogP contribution in [0.15, 0.2) is 24.3 Å². The van der Waals surface area contributed by atoms with E-state index in [1.807, 2.05) is 0 Å². The highest BCUT2D eigenvalue weighted by molar-refractivity contribution is 5.27. The number of rotatable bonds is 3. The van der Waals surface area contributed by atoms with Crippen LogP contribution in [0.2, 0.25) is 0 Å². The second kappa shape index (κ2) is 5.68. The first-order valence-corrected chi connectivity index (χ1v) is 7.11. The molecule has 94 valence electrons. The summed E-state index contributed by atoms with van der Waals surface area (Å²) in [6.45, 7) is 4.49. The molecule has 1 heteroatoms. The minimum absolute atomic E-state index is 0.426. The average Bonchev–Trinajstić information content (AvgIpc) is 2.39. The van der Waals surface area contributed by atoms with Crippen LogP contribution in [0.1, 0.15) is 69.0 Å². The predicted octanol–water partition coefficient (Wildman–Crippen LogP) is 3.67. The monoisotopic (exact) mass is 232 g/mol. The van der Waals surface area contributed by atoms with Crippen molar-refractivity contribution < 1.29 is 5.73 Å². The van der Waals surface area contributed by atoms with Crippen LogP contribution in [0, 0.1) is 5.92 Å². The van der Waals surface area contributed by atoms with Crippen LogP contribution in [0.3, 0.4) is 0 Å². The lowest BCUT2D eigenvalue weighted by molar-refractivity contribution is -0.438. The van der Waals surface area contributed by atoms with Gasteiger partial charge in [0.1, 0.15) is 6.04 Å². The number of benzene rings is 1. The first kappa shape index (κ1) is 12.6. The van der Waals surface area contributed by atoms with Crippen LogP contribution in [0.5, 0.6) is 0 Å². The second-order valence-electron chi connectivity index (χ2n) is 5.85. The van der Waals surface area contributed by atoms with Gasteiger partial charge in [-0.15, -0.1) is 0 Å². The van der Waals surface area contributed by atoms with E-state index in [1.165, 1.54) is 37.7 Å². The Balaban J connectivity index is 2.06. The lowest BCUT2D eigenvalue weighted by atomic mass is 9.83. The zero-order valence-electron chi connectivity index (χ0n) is 11.3. The fourth-order valence-electron chi connectivity index (χ4n) is 2.84. The molecular weight excluding hydrogens is 206 g/mol. The van der Waals surface area contributed by atoms with Crippen LogP contribution in [0.25, 0.3) is 0 Å². The summed E-state index contributed by atoms with van der Waals surface area (Å²) in [4.78, 5) is 0. The number of quaternary nitrogens is 1. The molecule has 1 saturated carbocycles. The summed E-state index contributed by atoms with van der Waals surface area (Å²) < 4.78 is 0. The van der Waals surface area contributed by atoms with E-state index in [0.29, 0.717) is 12.0 Å². The maximum atomic E-state index is 4.25. The molecule has 0 aromatic heterocycles. The molecule has 1 aromatic carbocycles. The molecule has 0 radical (unpaired) electrons. The molecular formula is C16H26N+. The van der Waals surface area contributed by atoms with Gasteiger partial charge in [-0.05, 0) is 24.3 Å². The van der Waals surface area contributed by atoms with Gasteiger partial charge in [-0.2, -0.15) is 0 Å². The first-order chi connectivity index (χ1) is 8.18. The Labute approximate surface area is 105 Å². The Morgan fingerprint density at radius 2 is 1.59 bits per heavy atom. The van der Waals surface area contributed by atoms with Gasteiger partial charge in [-0.3, -0.25) is 0 Å². The number of hydrogen-bond donors (Lipinski definition) is 1. The van der Waals surface area contributed by atoms with Crippen molar-refractivity contribution in [3.8, 4) is 0 Å². The van der Waals surface area contributed by atoms with E-state index in [1.54, 1.807) is 5.56 Å². The number of hydrogen-bond acceptors (Lipinski definition) is 0. The predicted molar refractivity (Wildman–Crippen MR) is 72.7 cm³/mol. The van der Waals surface area contributed by atoms with E-state index in [2.05, 4.69) is 43.8 Å². The molecule has 1 aliphatic carbocycles. The van der Waals surface area contributed by atoms with Crippen LogP contribution >= 0.6 is 0 Å². The summed E-state index contributed by atoms with van der Waals surface area (Å²) >= 11 is 0. The smallest absolute Gasteiger partial charge is 0.112 e. The van der Waals surface area contributed by atoms with E-state index >= 15 is 0 Å². The molecule has 1 fully saturated rings. The highest BCUT2D eigenvalue weighted by atomic mass is 14.6. The zero-order valence-corrected chi connectivity index (χ0v) is 11.3. The minimum atomic E-state index is 0.426. The molecule has 0 amide bonds. The lowest BCUT2D eigenvalue weighted by Gasteiger charge is -2.22. The van der Waals surface area contributed by atoms with Gasteiger partial charge < -0.3 is 5.73 Å². The molecule has 0 unspecified atom stereocenters. The Kier molecular flexibility index (Phi) is 4.22. The van der Waals surface area contributed by atoms with Crippen molar-refractivity contribution in [3.63, 3.8) is 0 Å². The molecule has 0 heterocycles. The largest absolute Gasteiger partial charge is 0.351 e. The van der Waals surface area contributed by atoms with Crippen molar-refractivity contribution in [3.05, 3.63) is 35.4 Å². The van der Waals surface area contributed by atoms with Gasteiger partial charge in [0, 0.05) is 11.5 Å². The van der Waals surface area contributed by atoms with Crippen LogP contribution in [-0.4, -0.2) is 0 Å². The van der Waals surface area contributed by atoms with Gasteiger partial charge in [0.2, 0.25) is 0 Å². The molecule has 17 heavy (non-hydrogen) atoms. The van der Waals surface area contributed by atoms with Crippen molar-refractivity contribution in [2.45, 2.75) is 57.9 Å². The van der Waals surface area contributed by atoms with Crippen molar-refractivity contribution in [1.82, 2.24) is 0 Å². The quantitative estimate of drug-likeness (QED) is 0.823. The Morgan fingerprint density at radius 1 is 1.00 bits per heavy atom. The fourth-order valence-corrected chi connectivity index (χ4v) is 2.84. The summed E-state index contributed by atoms with van der Waals surface area (Å²) in [6, 6.07) is 9.69. The van der Waals surface area contributed by atoms with E-state index < -0.39 is 0 Å². The van der Waals surface area contributed by atoms with Crippen molar-refractivity contribution in [1.29, 1.82) is 0 Å². The second-order valence-corrected chi connectivity index (χ2v) is 5.85. The summed E-state index contributed by atoms with van der Waals surface area (Å²) in [7, 11) is 0. The van der Waals surface area contributed by atoms with Crippen LogP contribution in [0.4, 0.5) is 0 Å². The minimum Gasteiger partial charge on any atom is -0.351 e. The summed E-state index contributed by atoms with van der Waals surface area (Å²) in [5.74, 6) is 1.44. The van der Waals surface area contributed by atoms with Gasteiger partial charge in [0.05, 0.1) is 0 Å². The highest BCUT2D eigenvalue weighted by Gasteiger charge is 2.17. The summed E-state index contributed by atoms with van der Waals surface area (Å²) in [5, 5.41) is 0. The standard InChI is InChI=1S/C16H25N/c1-12(2)16(17)15-10-8-14(9-11-15)13-6-4-3-5-7-13/h8-13,16H,3-7,17H2,1-2H3/p+1/t16-/m0/s1. The molecule has 0 bridgehead atoms. The third-order valence-electron chi connectivity index (χ3n) is 4.25. The maximum absolute atomic E-state index is 4.25. The molecule has 1 atom stereocenters. The maximum Gasteiger partial charge on any atom is 0.112 e. The van der Waals surface area contributed by atoms with Gasteiger partial charge in [-0.25, -0.2) is 0 Å². The van der Waals surface area contributed by atoms with E-state index in [4.69, 9.17) is 0 Å². The topological polar surface area (TPSA) is 27.6 Å². The molecule has 2 rings (SSSR count). The molecule has 1 nitrogen and oxygen atoms in total. The van der Waals surface area contributed by atoms with Crippen LogP contribution < -0.4 is 5.73 Å². The Bertz CT molecular complexity index is 333. The normalized spacial score (nSPS) is 19.5. The van der Waals surface area contributed by atoms with E-state index in [-0.39, 0.29) is 0 Å². The Hall–Kier alpha value is -0.820. The highest BCUT2D eigenvalue weighted by Crippen LogP contribution is 2.33. The molecule has 3 N–H and O–H groups in total. The third kappa shape index (κ3) is 3.10. The van der Waals surface area contributed by atoms with Crippen molar-refractivity contribution in [2.75, 3.05) is 0 Å². The molecule has 0 spiro atoms. The van der Waals surface area contributed by atoms with Crippen molar-refractivity contribution in [2.24, 2.45) is 5.92 Å². The van der Waals surface area contributed by atoms with Crippen molar-refractivity contribution >= 4 is 0 Å². The molecule has 1 aliphatic rings. The first-order valence-electron chi connectivity index (χ1n) is 7.11. The van der Waals surface area contributed by atoms with E-state index in [0.717, 1.165) is 5.92 Å².